The van der Waals surface area contributed by atoms with Gasteiger partial charge in [0.2, 0.25) is 0 Å². The molecule has 0 fully saturated rings. The van der Waals surface area contributed by atoms with Gasteiger partial charge in [-0.1, -0.05) is 30.3 Å². The molecule has 0 amide bonds. The van der Waals surface area contributed by atoms with Crippen molar-refractivity contribution in [3.63, 3.8) is 0 Å². The van der Waals surface area contributed by atoms with Gasteiger partial charge in [0.1, 0.15) is 5.75 Å². The monoisotopic (exact) mass is 216 g/mol. The number of rotatable bonds is 4. The molecule has 1 N–H and O–H groups in total. The Morgan fingerprint density at radius 2 is 1.94 bits per heavy atom. The molecule has 0 aliphatic rings. The summed E-state index contributed by atoms with van der Waals surface area (Å²) >= 11 is 0. The van der Waals surface area contributed by atoms with Crippen molar-refractivity contribution in [1.29, 1.82) is 0 Å². The molecule has 0 radical (unpaired) electrons. The third kappa shape index (κ3) is 2.02. The summed E-state index contributed by atoms with van der Waals surface area (Å²) in [7, 11) is 0. The summed E-state index contributed by atoms with van der Waals surface area (Å²) in [5.41, 5.74) is 1.10. The predicted octanol–water partition coefficient (Wildman–Crippen LogP) is 2.77. The van der Waals surface area contributed by atoms with Crippen LogP contribution in [-0.4, -0.2) is 18.3 Å². The average molecular weight is 216 g/mol. The van der Waals surface area contributed by atoms with Crippen LogP contribution >= 0.6 is 0 Å². The Morgan fingerprint density at radius 1 is 1.12 bits per heavy atom. The van der Waals surface area contributed by atoms with Crippen LogP contribution in [0.15, 0.2) is 36.4 Å². The van der Waals surface area contributed by atoms with Gasteiger partial charge in [-0.2, -0.15) is 0 Å². The molecule has 2 rings (SSSR count). The van der Waals surface area contributed by atoms with Crippen LogP contribution in [0.25, 0.3) is 10.8 Å². The topological polar surface area (TPSA) is 29.5 Å². The van der Waals surface area contributed by atoms with Crippen LogP contribution in [0.2, 0.25) is 0 Å². The van der Waals surface area contributed by atoms with E-state index in [1.807, 2.05) is 25.1 Å². The minimum absolute atomic E-state index is 0.147. The highest BCUT2D eigenvalue weighted by atomic mass is 16.5. The summed E-state index contributed by atoms with van der Waals surface area (Å²) in [5.74, 6) is 0.884. The number of aliphatic hydroxyl groups excluding tert-OH is 1. The number of ether oxygens (including phenoxy) is 1. The standard InChI is InChI=1S/C14H16O2/c1-2-16-14-8-7-11-5-3-4-6-12(11)13(14)9-10-15/h3-8,15H,2,9-10H2,1H3. The van der Waals surface area contributed by atoms with Crippen molar-refractivity contribution in [3.05, 3.63) is 42.0 Å². The Balaban J connectivity index is 2.58. The highest BCUT2D eigenvalue weighted by Crippen LogP contribution is 2.28. The molecule has 2 aromatic carbocycles. The molecule has 0 unspecified atom stereocenters. The van der Waals surface area contributed by atoms with Gasteiger partial charge in [-0.05, 0) is 30.2 Å². The second kappa shape index (κ2) is 4.99. The molecule has 0 atom stereocenters. The molecule has 0 aliphatic heterocycles. The van der Waals surface area contributed by atoms with Gasteiger partial charge in [-0.25, -0.2) is 0 Å². The van der Waals surface area contributed by atoms with Crippen molar-refractivity contribution in [2.45, 2.75) is 13.3 Å². The van der Waals surface area contributed by atoms with Crippen LogP contribution in [0.5, 0.6) is 5.75 Å². The highest BCUT2D eigenvalue weighted by Gasteiger charge is 2.07. The van der Waals surface area contributed by atoms with Crippen molar-refractivity contribution in [2.75, 3.05) is 13.2 Å². The third-order valence-corrected chi connectivity index (χ3v) is 2.66. The number of hydrogen-bond donors (Lipinski definition) is 1. The van der Waals surface area contributed by atoms with Crippen molar-refractivity contribution in [2.24, 2.45) is 0 Å². The highest BCUT2D eigenvalue weighted by molar-refractivity contribution is 5.87. The van der Waals surface area contributed by atoms with Crippen molar-refractivity contribution in [3.8, 4) is 5.75 Å². The first kappa shape index (κ1) is 11.0. The van der Waals surface area contributed by atoms with Crippen LogP contribution < -0.4 is 4.74 Å². The summed E-state index contributed by atoms with van der Waals surface area (Å²) in [6, 6.07) is 12.2. The van der Waals surface area contributed by atoms with Gasteiger partial charge in [-0.15, -0.1) is 0 Å². The van der Waals surface area contributed by atoms with E-state index in [-0.39, 0.29) is 6.61 Å². The van der Waals surface area contributed by atoms with Crippen LogP contribution in [-0.2, 0) is 6.42 Å². The largest absolute Gasteiger partial charge is 0.494 e. The second-order valence-corrected chi connectivity index (χ2v) is 3.67. The first-order valence-electron chi connectivity index (χ1n) is 5.61. The maximum absolute atomic E-state index is 9.12. The zero-order chi connectivity index (χ0) is 11.4. The van der Waals surface area contributed by atoms with Gasteiger partial charge >= 0.3 is 0 Å². The first-order chi connectivity index (χ1) is 7.86. The maximum atomic E-state index is 9.12. The Hall–Kier alpha value is -1.54. The van der Waals surface area contributed by atoms with E-state index in [0.29, 0.717) is 13.0 Å². The molecule has 16 heavy (non-hydrogen) atoms. The van der Waals surface area contributed by atoms with Gasteiger partial charge in [0, 0.05) is 12.2 Å². The molecule has 0 saturated carbocycles. The quantitative estimate of drug-likeness (QED) is 0.851. The van der Waals surface area contributed by atoms with E-state index in [4.69, 9.17) is 9.84 Å². The van der Waals surface area contributed by atoms with Crippen molar-refractivity contribution in [1.82, 2.24) is 0 Å². The zero-order valence-electron chi connectivity index (χ0n) is 9.44. The van der Waals surface area contributed by atoms with Crippen LogP contribution in [0.4, 0.5) is 0 Å². The predicted molar refractivity (Wildman–Crippen MR) is 65.9 cm³/mol. The smallest absolute Gasteiger partial charge is 0.123 e. The summed E-state index contributed by atoms with van der Waals surface area (Å²) < 4.78 is 5.59. The fourth-order valence-corrected chi connectivity index (χ4v) is 1.98. The maximum Gasteiger partial charge on any atom is 0.123 e. The second-order valence-electron chi connectivity index (χ2n) is 3.67. The van der Waals surface area contributed by atoms with E-state index in [2.05, 4.69) is 18.2 Å². The minimum atomic E-state index is 0.147. The molecule has 0 aliphatic carbocycles. The minimum Gasteiger partial charge on any atom is -0.494 e. The lowest BCUT2D eigenvalue weighted by atomic mass is 10.0. The molecule has 0 saturated heterocycles. The van der Waals surface area contributed by atoms with E-state index >= 15 is 0 Å². The van der Waals surface area contributed by atoms with Crippen molar-refractivity contribution < 1.29 is 9.84 Å². The number of hydrogen-bond acceptors (Lipinski definition) is 2. The number of fused-ring (bicyclic) bond motifs is 1. The van der Waals surface area contributed by atoms with Gasteiger partial charge in [0.05, 0.1) is 6.61 Å². The van der Waals surface area contributed by atoms with Gasteiger partial charge < -0.3 is 9.84 Å². The van der Waals surface area contributed by atoms with Crippen LogP contribution in [0.3, 0.4) is 0 Å². The Kier molecular flexibility index (Phi) is 3.42. The summed E-state index contributed by atoms with van der Waals surface area (Å²) in [5, 5.41) is 11.5. The molecule has 0 bridgehead atoms. The molecule has 2 heteroatoms. The third-order valence-electron chi connectivity index (χ3n) is 2.66. The van der Waals surface area contributed by atoms with Gasteiger partial charge in [0.15, 0.2) is 0 Å². The lowest BCUT2D eigenvalue weighted by Crippen LogP contribution is -1.99. The summed E-state index contributed by atoms with van der Waals surface area (Å²) in [6.07, 6.45) is 0.636. The van der Waals surface area contributed by atoms with Crippen LogP contribution in [0.1, 0.15) is 12.5 Å². The Bertz CT molecular complexity index is 477. The molecular weight excluding hydrogens is 200 g/mol. The number of aliphatic hydroxyl groups is 1. The molecule has 0 aromatic heterocycles. The zero-order valence-corrected chi connectivity index (χ0v) is 9.44. The molecule has 84 valence electrons. The van der Waals surface area contributed by atoms with Gasteiger partial charge in [-0.3, -0.25) is 0 Å². The van der Waals surface area contributed by atoms with E-state index in [1.54, 1.807) is 0 Å². The Morgan fingerprint density at radius 3 is 2.69 bits per heavy atom. The molecule has 2 nitrogen and oxygen atoms in total. The Labute approximate surface area is 95.5 Å². The molecule has 0 heterocycles. The van der Waals surface area contributed by atoms with Gasteiger partial charge in [0.25, 0.3) is 0 Å². The summed E-state index contributed by atoms with van der Waals surface area (Å²) in [6.45, 7) is 2.77. The van der Waals surface area contributed by atoms with Crippen LogP contribution in [0, 0.1) is 0 Å². The lowest BCUT2D eigenvalue weighted by Gasteiger charge is -2.12. The lowest BCUT2D eigenvalue weighted by molar-refractivity contribution is 0.293. The fraction of sp³-hybridized carbons (Fsp3) is 0.286. The molecule has 0 spiro atoms. The SMILES string of the molecule is CCOc1ccc2ccccc2c1CCO. The fourth-order valence-electron chi connectivity index (χ4n) is 1.98. The average Bonchev–Trinajstić information content (AvgIpc) is 2.32. The number of benzene rings is 2. The van der Waals surface area contributed by atoms with E-state index in [0.717, 1.165) is 11.3 Å². The summed E-state index contributed by atoms with van der Waals surface area (Å²) in [4.78, 5) is 0. The molecular formula is C14H16O2. The first-order valence-corrected chi connectivity index (χ1v) is 5.61. The van der Waals surface area contributed by atoms with E-state index in [9.17, 15) is 0 Å². The van der Waals surface area contributed by atoms with E-state index < -0.39 is 0 Å². The van der Waals surface area contributed by atoms with Crippen molar-refractivity contribution >= 4 is 10.8 Å². The van der Waals surface area contributed by atoms with E-state index in [1.165, 1.54) is 10.8 Å². The molecule has 2 aromatic rings. The normalized spacial score (nSPS) is 10.6.